The maximum atomic E-state index is 12.7. The smallest absolute Gasteiger partial charge is 0.241 e. The van der Waals surface area contributed by atoms with Gasteiger partial charge in [-0.2, -0.15) is 0 Å². The number of carbonyl (C=O) groups excluding carboxylic acids is 2. The quantitative estimate of drug-likeness (QED) is 0.779. The summed E-state index contributed by atoms with van der Waals surface area (Å²) in [5.74, 6) is -0.0550. The highest BCUT2D eigenvalue weighted by Gasteiger charge is 2.34. The Kier molecular flexibility index (Phi) is 6.53. The number of halogens is 1. The van der Waals surface area contributed by atoms with E-state index in [1.54, 1.807) is 18.1 Å². The molecule has 1 amide bonds. The van der Waals surface area contributed by atoms with Crippen LogP contribution in [0.15, 0.2) is 24.3 Å². The third-order valence-corrected chi connectivity index (χ3v) is 4.26. The Hall–Kier alpha value is -1.47. The van der Waals surface area contributed by atoms with Crippen molar-refractivity contribution in [3.05, 3.63) is 34.9 Å². The SMILES string of the molecule is COCCN(Cc1ccccc1Cl)C(=O)C1CC(C(C)=O)NN1. The van der Waals surface area contributed by atoms with Crippen LogP contribution in [0.1, 0.15) is 18.9 Å². The fourth-order valence-corrected chi connectivity index (χ4v) is 2.70. The zero-order valence-corrected chi connectivity index (χ0v) is 14.1. The molecule has 1 aliphatic heterocycles. The van der Waals surface area contributed by atoms with Crippen molar-refractivity contribution in [3.8, 4) is 0 Å². The molecular weight excluding hydrogens is 318 g/mol. The van der Waals surface area contributed by atoms with Crippen LogP contribution in [0.25, 0.3) is 0 Å². The van der Waals surface area contributed by atoms with Crippen LogP contribution in [-0.2, 0) is 20.9 Å². The highest BCUT2D eigenvalue weighted by molar-refractivity contribution is 6.31. The van der Waals surface area contributed by atoms with Gasteiger partial charge in [0.2, 0.25) is 5.91 Å². The minimum atomic E-state index is -0.428. The standard InChI is InChI=1S/C16H22ClN3O3/c1-11(21)14-9-15(19-18-14)16(22)20(7-8-23-2)10-12-5-3-4-6-13(12)17/h3-6,14-15,18-19H,7-10H2,1-2H3. The number of amides is 1. The number of carbonyl (C=O) groups is 2. The first-order valence-corrected chi connectivity index (χ1v) is 7.93. The Balaban J connectivity index is 2.07. The number of ether oxygens (including phenoxy) is 1. The van der Waals surface area contributed by atoms with E-state index in [2.05, 4.69) is 10.9 Å². The maximum Gasteiger partial charge on any atom is 0.241 e. The zero-order valence-electron chi connectivity index (χ0n) is 13.3. The van der Waals surface area contributed by atoms with Crippen molar-refractivity contribution in [1.29, 1.82) is 0 Å². The molecule has 1 aromatic rings. The van der Waals surface area contributed by atoms with Crippen LogP contribution in [0.2, 0.25) is 5.02 Å². The lowest BCUT2D eigenvalue weighted by Crippen LogP contribution is -2.46. The molecule has 1 aromatic carbocycles. The molecule has 0 bridgehead atoms. The predicted octanol–water partition coefficient (Wildman–Crippen LogP) is 1.14. The predicted molar refractivity (Wildman–Crippen MR) is 87.9 cm³/mol. The van der Waals surface area contributed by atoms with Crippen LogP contribution in [0.3, 0.4) is 0 Å². The van der Waals surface area contributed by atoms with Gasteiger partial charge in [0.05, 0.1) is 12.6 Å². The number of rotatable bonds is 7. The minimum absolute atomic E-state index is 0.0161. The first-order valence-electron chi connectivity index (χ1n) is 7.55. The van der Waals surface area contributed by atoms with Gasteiger partial charge in [-0.15, -0.1) is 0 Å². The van der Waals surface area contributed by atoms with E-state index in [1.807, 2.05) is 18.2 Å². The van der Waals surface area contributed by atoms with E-state index >= 15 is 0 Å². The summed E-state index contributed by atoms with van der Waals surface area (Å²) < 4.78 is 5.10. The zero-order chi connectivity index (χ0) is 16.8. The monoisotopic (exact) mass is 339 g/mol. The fourth-order valence-electron chi connectivity index (χ4n) is 2.51. The third kappa shape index (κ3) is 4.75. The van der Waals surface area contributed by atoms with Crippen LogP contribution >= 0.6 is 11.6 Å². The van der Waals surface area contributed by atoms with Gasteiger partial charge >= 0.3 is 0 Å². The van der Waals surface area contributed by atoms with Gasteiger partial charge in [0.1, 0.15) is 11.8 Å². The molecular formula is C16H22ClN3O3. The largest absolute Gasteiger partial charge is 0.383 e. The summed E-state index contributed by atoms with van der Waals surface area (Å²) in [4.78, 5) is 25.9. The van der Waals surface area contributed by atoms with E-state index in [0.717, 1.165) is 5.56 Å². The average Bonchev–Trinajstić information content (AvgIpc) is 3.02. The molecule has 2 rings (SSSR count). The Morgan fingerprint density at radius 2 is 2.00 bits per heavy atom. The van der Waals surface area contributed by atoms with E-state index in [-0.39, 0.29) is 17.7 Å². The van der Waals surface area contributed by atoms with Crippen molar-refractivity contribution in [2.75, 3.05) is 20.3 Å². The lowest BCUT2D eigenvalue weighted by Gasteiger charge is -2.25. The highest BCUT2D eigenvalue weighted by Crippen LogP contribution is 2.18. The van der Waals surface area contributed by atoms with Crippen LogP contribution < -0.4 is 10.9 Å². The number of nitrogens with one attached hydrogen (secondary N) is 2. The van der Waals surface area contributed by atoms with Gasteiger partial charge < -0.3 is 9.64 Å². The topological polar surface area (TPSA) is 70.7 Å². The van der Waals surface area contributed by atoms with E-state index in [9.17, 15) is 9.59 Å². The first-order chi connectivity index (χ1) is 11.0. The molecule has 1 saturated heterocycles. The Morgan fingerprint density at radius 1 is 1.30 bits per heavy atom. The molecule has 0 saturated carbocycles. The molecule has 2 atom stereocenters. The molecule has 2 unspecified atom stereocenters. The number of ketones is 1. The van der Waals surface area contributed by atoms with Gasteiger partial charge in [0.15, 0.2) is 0 Å². The molecule has 1 heterocycles. The molecule has 0 aliphatic carbocycles. The molecule has 126 valence electrons. The lowest BCUT2D eigenvalue weighted by molar-refractivity contribution is -0.134. The number of benzene rings is 1. The van der Waals surface area contributed by atoms with Crippen molar-refractivity contribution in [2.45, 2.75) is 32.0 Å². The van der Waals surface area contributed by atoms with Gasteiger partial charge in [-0.25, -0.2) is 10.9 Å². The van der Waals surface area contributed by atoms with E-state index in [4.69, 9.17) is 16.3 Å². The number of Topliss-reactive ketones (excluding diaryl/α,β-unsaturated/α-hetero) is 1. The van der Waals surface area contributed by atoms with Crippen molar-refractivity contribution < 1.29 is 14.3 Å². The van der Waals surface area contributed by atoms with Gasteiger partial charge in [-0.1, -0.05) is 29.8 Å². The van der Waals surface area contributed by atoms with Crippen molar-refractivity contribution in [1.82, 2.24) is 15.8 Å². The molecule has 0 spiro atoms. The van der Waals surface area contributed by atoms with Crippen molar-refractivity contribution in [2.24, 2.45) is 0 Å². The van der Waals surface area contributed by atoms with Gasteiger partial charge in [0, 0.05) is 25.2 Å². The number of hydrazine groups is 1. The second-order valence-electron chi connectivity index (χ2n) is 5.58. The first kappa shape index (κ1) is 17.9. The average molecular weight is 340 g/mol. The third-order valence-electron chi connectivity index (χ3n) is 3.89. The molecule has 1 aliphatic rings. The summed E-state index contributed by atoms with van der Waals surface area (Å²) in [6.07, 6.45) is 0.445. The second-order valence-corrected chi connectivity index (χ2v) is 5.99. The summed E-state index contributed by atoms with van der Waals surface area (Å²) in [5, 5.41) is 0.627. The van der Waals surface area contributed by atoms with Crippen LogP contribution in [0, 0.1) is 0 Å². The fraction of sp³-hybridized carbons (Fsp3) is 0.500. The van der Waals surface area contributed by atoms with Crippen LogP contribution in [-0.4, -0.2) is 48.9 Å². The minimum Gasteiger partial charge on any atom is -0.383 e. The van der Waals surface area contributed by atoms with E-state index in [1.165, 1.54) is 6.92 Å². The van der Waals surface area contributed by atoms with Crippen molar-refractivity contribution in [3.63, 3.8) is 0 Å². The van der Waals surface area contributed by atoms with Gasteiger partial charge in [0.25, 0.3) is 0 Å². The molecule has 2 N–H and O–H groups in total. The molecule has 1 fully saturated rings. The van der Waals surface area contributed by atoms with E-state index < -0.39 is 6.04 Å². The van der Waals surface area contributed by atoms with Crippen LogP contribution in [0.5, 0.6) is 0 Å². The normalized spacial score (nSPS) is 20.5. The number of hydrogen-bond acceptors (Lipinski definition) is 5. The maximum absolute atomic E-state index is 12.7. The summed E-state index contributed by atoms with van der Waals surface area (Å²) in [6.45, 7) is 2.82. The van der Waals surface area contributed by atoms with Gasteiger partial charge in [-0.05, 0) is 25.0 Å². The van der Waals surface area contributed by atoms with Crippen molar-refractivity contribution >= 4 is 23.3 Å². The Morgan fingerprint density at radius 3 is 2.61 bits per heavy atom. The summed E-state index contributed by atoms with van der Waals surface area (Å²) in [5.41, 5.74) is 6.66. The summed E-state index contributed by atoms with van der Waals surface area (Å²) in [7, 11) is 1.60. The molecule has 7 heteroatoms. The number of hydrogen-bond donors (Lipinski definition) is 2. The van der Waals surface area contributed by atoms with Crippen LogP contribution in [0.4, 0.5) is 0 Å². The summed E-state index contributed by atoms with van der Waals surface area (Å²) >= 11 is 6.19. The molecule has 0 aromatic heterocycles. The van der Waals surface area contributed by atoms with Gasteiger partial charge in [-0.3, -0.25) is 9.59 Å². The summed E-state index contributed by atoms with van der Waals surface area (Å²) in [6, 6.07) is 6.69. The van der Waals surface area contributed by atoms with E-state index in [0.29, 0.717) is 31.1 Å². The molecule has 6 nitrogen and oxygen atoms in total. The highest BCUT2D eigenvalue weighted by atomic mass is 35.5. The second kappa shape index (κ2) is 8.40. The number of nitrogens with zero attached hydrogens (tertiary/aromatic N) is 1. The molecule has 23 heavy (non-hydrogen) atoms. The molecule has 0 radical (unpaired) electrons. The Bertz CT molecular complexity index is 567. The Labute approximate surface area is 141 Å². The number of methoxy groups -OCH3 is 1. The lowest BCUT2D eigenvalue weighted by atomic mass is 10.1.